The highest BCUT2D eigenvalue weighted by Gasteiger charge is 2.11. The molecule has 2 N–H and O–H groups in total. The summed E-state index contributed by atoms with van der Waals surface area (Å²) in [6, 6.07) is 4.17. The summed E-state index contributed by atoms with van der Waals surface area (Å²) >= 11 is 3.50. The third-order valence-corrected chi connectivity index (χ3v) is 4.93. The molecule has 0 saturated heterocycles. The van der Waals surface area contributed by atoms with Gasteiger partial charge in [-0.15, -0.1) is 22.7 Å². The largest absolute Gasteiger partial charge is 0.352 e. The molecule has 0 atom stereocenters. The molecule has 114 valence electrons. The minimum Gasteiger partial charge on any atom is -0.352 e. The van der Waals surface area contributed by atoms with Crippen LogP contribution < -0.4 is 10.6 Å². The van der Waals surface area contributed by atoms with Crippen molar-refractivity contribution in [1.82, 2.24) is 15.6 Å². The van der Waals surface area contributed by atoms with E-state index >= 15 is 0 Å². The Balaban J connectivity index is 1.87. The van der Waals surface area contributed by atoms with Gasteiger partial charge in [0.15, 0.2) is 5.96 Å². The van der Waals surface area contributed by atoms with E-state index < -0.39 is 0 Å². The molecule has 0 aliphatic heterocycles. The number of guanidine groups is 1. The zero-order valence-corrected chi connectivity index (χ0v) is 14.6. The number of thiophene rings is 1. The maximum absolute atomic E-state index is 4.70. The van der Waals surface area contributed by atoms with Crippen LogP contribution in [0.5, 0.6) is 0 Å². The standard InChI is InChI=1S/C15H22N4S2/c1-10(2)14-11(3)21-13(19-14)9-18-15(16-4)17-8-12-6-5-7-20-12/h5-7,10H,8-9H2,1-4H3,(H2,16,17,18). The molecule has 0 spiro atoms. The molecule has 0 fully saturated rings. The number of aryl methyl sites for hydroxylation is 1. The molecule has 2 rings (SSSR count). The van der Waals surface area contributed by atoms with Crippen molar-refractivity contribution < 1.29 is 0 Å². The van der Waals surface area contributed by atoms with Gasteiger partial charge in [-0.05, 0) is 24.3 Å². The topological polar surface area (TPSA) is 49.3 Å². The molecular formula is C15H22N4S2. The van der Waals surface area contributed by atoms with E-state index in [9.17, 15) is 0 Å². The van der Waals surface area contributed by atoms with E-state index in [0.29, 0.717) is 12.5 Å². The maximum atomic E-state index is 4.70. The van der Waals surface area contributed by atoms with E-state index in [1.807, 2.05) is 0 Å². The summed E-state index contributed by atoms with van der Waals surface area (Å²) in [6.45, 7) is 8.01. The Hall–Kier alpha value is -1.40. The third kappa shape index (κ3) is 4.54. The highest BCUT2D eigenvalue weighted by molar-refractivity contribution is 7.11. The third-order valence-electron chi connectivity index (χ3n) is 3.06. The Morgan fingerprint density at radius 2 is 2.10 bits per heavy atom. The first-order valence-corrected chi connectivity index (χ1v) is 8.73. The molecule has 2 heterocycles. The van der Waals surface area contributed by atoms with Crippen LogP contribution in [0.1, 0.15) is 40.2 Å². The Morgan fingerprint density at radius 1 is 1.33 bits per heavy atom. The van der Waals surface area contributed by atoms with Crippen molar-refractivity contribution in [2.75, 3.05) is 7.05 Å². The molecule has 0 radical (unpaired) electrons. The monoisotopic (exact) mass is 322 g/mol. The van der Waals surface area contributed by atoms with Crippen LogP contribution in [-0.4, -0.2) is 18.0 Å². The number of rotatable bonds is 5. The fourth-order valence-electron chi connectivity index (χ4n) is 2.04. The van der Waals surface area contributed by atoms with Gasteiger partial charge in [0.05, 0.1) is 18.8 Å². The van der Waals surface area contributed by atoms with Crippen LogP contribution in [0.25, 0.3) is 0 Å². The van der Waals surface area contributed by atoms with Gasteiger partial charge in [-0.25, -0.2) is 4.98 Å². The van der Waals surface area contributed by atoms with Gasteiger partial charge in [-0.1, -0.05) is 19.9 Å². The second kappa shape index (κ2) is 7.56. The average molecular weight is 323 g/mol. The van der Waals surface area contributed by atoms with Crippen LogP contribution in [0.2, 0.25) is 0 Å². The first kappa shape index (κ1) is 16.0. The van der Waals surface area contributed by atoms with E-state index in [-0.39, 0.29) is 0 Å². The molecule has 6 heteroatoms. The molecule has 0 unspecified atom stereocenters. The van der Waals surface area contributed by atoms with Crippen LogP contribution in [0, 0.1) is 6.92 Å². The summed E-state index contributed by atoms with van der Waals surface area (Å²) in [7, 11) is 1.79. The molecule has 0 bridgehead atoms. The molecule has 2 aromatic rings. The summed E-state index contributed by atoms with van der Waals surface area (Å²) in [5, 5.41) is 9.82. The molecule has 21 heavy (non-hydrogen) atoms. The highest BCUT2D eigenvalue weighted by atomic mass is 32.1. The van der Waals surface area contributed by atoms with Gasteiger partial charge >= 0.3 is 0 Å². The number of thiazole rings is 1. The molecule has 0 aliphatic rings. The number of aliphatic imine (C=N–C) groups is 1. The van der Waals surface area contributed by atoms with Crippen LogP contribution >= 0.6 is 22.7 Å². The predicted octanol–water partition coefficient (Wildman–Crippen LogP) is 3.50. The first-order valence-electron chi connectivity index (χ1n) is 7.03. The molecule has 2 aromatic heterocycles. The molecular weight excluding hydrogens is 300 g/mol. The normalized spacial score (nSPS) is 12.0. The Morgan fingerprint density at radius 3 is 2.67 bits per heavy atom. The second-order valence-electron chi connectivity index (χ2n) is 5.06. The van der Waals surface area contributed by atoms with Gasteiger partial charge in [0.2, 0.25) is 0 Å². The minimum atomic E-state index is 0.478. The fraction of sp³-hybridized carbons (Fsp3) is 0.467. The molecule has 4 nitrogen and oxygen atoms in total. The van der Waals surface area contributed by atoms with Crippen molar-refractivity contribution in [2.24, 2.45) is 4.99 Å². The first-order chi connectivity index (χ1) is 10.1. The molecule has 0 aliphatic carbocycles. The number of hydrogen-bond donors (Lipinski definition) is 2. The summed E-state index contributed by atoms with van der Waals surface area (Å²) in [6.07, 6.45) is 0. The smallest absolute Gasteiger partial charge is 0.191 e. The van der Waals surface area contributed by atoms with Crippen LogP contribution in [0.4, 0.5) is 0 Å². The van der Waals surface area contributed by atoms with Crippen molar-refractivity contribution in [3.8, 4) is 0 Å². The quantitative estimate of drug-likeness (QED) is 0.654. The van der Waals surface area contributed by atoms with E-state index in [4.69, 9.17) is 4.98 Å². The van der Waals surface area contributed by atoms with Crippen molar-refractivity contribution in [1.29, 1.82) is 0 Å². The molecule has 0 amide bonds. The van der Waals surface area contributed by atoms with Crippen LogP contribution in [-0.2, 0) is 13.1 Å². The van der Waals surface area contributed by atoms with Gasteiger partial charge in [0.1, 0.15) is 5.01 Å². The van der Waals surface area contributed by atoms with E-state index in [1.165, 1.54) is 15.4 Å². The van der Waals surface area contributed by atoms with Crippen molar-refractivity contribution >= 4 is 28.6 Å². The average Bonchev–Trinajstić information content (AvgIpc) is 3.08. The number of nitrogens with zero attached hydrogens (tertiary/aromatic N) is 2. The van der Waals surface area contributed by atoms with Gasteiger partial charge in [-0.2, -0.15) is 0 Å². The molecule has 0 saturated carbocycles. The second-order valence-corrected chi connectivity index (χ2v) is 7.38. The van der Waals surface area contributed by atoms with E-state index in [0.717, 1.165) is 17.5 Å². The maximum Gasteiger partial charge on any atom is 0.191 e. The highest BCUT2D eigenvalue weighted by Crippen LogP contribution is 2.23. The Bertz CT molecular complexity index is 585. The number of nitrogens with one attached hydrogen (secondary N) is 2. The van der Waals surface area contributed by atoms with Crippen LogP contribution in [0.3, 0.4) is 0 Å². The lowest BCUT2D eigenvalue weighted by Gasteiger charge is -2.09. The van der Waals surface area contributed by atoms with E-state index in [1.54, 1.807) is 29.7 Å². The lowest BCUT2D eigenvalue weighted by molar-refractivity contribution is 0.785. The zero-order chi connectivity index (χ0) is 15.2. The van der Waals surface area contributed by atoms with E-state index in [2.05, 4.69) is 53.9 Å². The Labute approximate surface area is 134 Å². The molecule has 0 aromatic carbocycles. The summed E-state index contributed by atoms with van der Waals surface area (Å²) < 4.78 is 0. The SMILES string of the molecule is CN=C(NCc1cccs1)NCc1nc(C(C)C)c(C)s1. The lowest BCUT2D eigenvalue weighted by atomic mass is 10.1. The predicted molar refractivity (Wildman–Crippen MR) is 92.3 cm³/mol. The summed E-state index contributed by atoms with van der Waals surface area (Å²) in [4.78, 5) is 11.5. The zero-order valence-electron chi connectivity index (χ0n) is 12.9. The van der Waals surface area contributed by atoms with Crippen molar-refractivity contribution in [3.05, 3.63) is 38.0 Å². The van der Waals surface area contributed by atoms with Gasteiger partial charge in [0, 0.05) is 16.8 Å². The number of hydrogen-bond acceptors (Lipinski definition) is 4. The summed E-state index contributed by atoms with van der Waals surface area (Å²) in [5.74, 6) is 1.29. The van der Waals surface area contributed by atoms with Gasteiger partial charge < -0.3 is 10.6 Å². The van der Waals surface area contributed by atoms with Crippen molar-refractivity contribution in [3.63, 3.8) is 0 Å². The van der Waals surface area contributed by atoms with Gasteiger partial charge in [-0.3, -0.25) is 4.99 Å². The Kier molecular flexibility index (Phi) is 5.76. The fourth-order valence-corrected chi connectivity index (χ4v) is 3.71. The lowest BCUT2D eigenvalue weighted by Crippen LogP contribution is -2.36. The van der Waals surface area contributed by atoms with Crippen molar-refractivity contribution in [2.45, 2.75) is 39.8 Å². The summed E-state index contributed by atoms with van der Waals surface area (Å²) in [5.41, 5.74) is 1.21. The minimum absolute atomic E-state index is 0.478. The van der Waals surface area contributed by atoms with Crippen LogP contribution in [0.15, 0.2) is 22.5 Å². The van der Waals surface area contributed by atoms with Gasteiger partial charge in [0.25, 0.3) is 0 Å². The number of aromatic nitrogens is 1.